The summed E-state index contributed by atoms with van der Waals surface area (Å²) in [6.07, 6.45) is 4.94. The molecule has 1 atom stereocenters. The van der Waals surface area contributed by atoms with Gasteiger partial charge in [-0.1, -0.05) is 31.4 Å². The highest BCUT2D eigenvalue weighted by Gasteiger charge is 2.33. The van der Waals surface area contributed by atoms with Gasteiger partial charge in [-0.25, -0.2) is 9.78 Å². The third-order valence-electron chi connectivity index (χ3n) is 6.42. The van der Waals surface area contributed by atoms with Gasteiger partial charge in [-0.2, -0.15) is 0 Å². The van der Waals surface area contributed by atoms with Crippen LogP contribution in [0.15, 0.2) is 24.3 Å². The summed E-state index contributed by atoms with van der Waals surface area (Å²) in [7, 11) is 0. The molecule has 2 aromatic rings. The summed E-state index contributed by atoms with van der Waals surface area (Å²) >= 11 is 1.34. The maximum absolute atomic E-state index is 13.2. The molecule has 0 radical (unpaired) electrons. The molecule has 178 valence electrons. The number of alkyl carbamates (subject to hydrolysis) is 1. The van der Waals surface area contributed by atoms with Gasteiger partial charge in [0.05, 0.1) is 29.3 Å². The summed E-state index contributed by atoms with van der Waals surface area (Å²) in [4.78, 5) is 44.1. The molecule has 1 aliphatic heterocycles. The minimum Gasteiger partial charge on any atom is -0.449 e. The Bertz CT molecular complexity index is 933. The van der Waals surface area contributed by atoms with Crippen molar-refractivity contribution in [1.29, 1.82) is 0 Å². The second-order valence-corrected chi connectivity index (χ2v) is 9.65. The molecule has 1 aliphatic carbocycles. The first kappa shape index (κ1) is 23.6. The number of ketones is 1. The standard InChI is InChI=1S/C24H31N3O5S/c28-20(22-26-19-8-4-5-9-21(19)33-22)10-13-32-24(30)25-16-18(17-6-2-1-3-7-17)23(29)27-11-14-31-15-12-27/h4-5,8-9,17-18H,1-3,6-7,10-16H2,(H,25,30). The predicted molar refractivity (Wildman–Crippen MR) is 125 cm³/mol. The van der Waals surface area contributed by atoms with E-state index in [2.05, 4.69) is 10.3 Å². The molecule has 9 heteroatoms. The Balaban J connectivity index is 1.25. The molecule has 0 spiro atoms. The average molecular weight is 474 g/mol. The third kappa shape index (κ3) is 6.29. The Morgan fingerprint density at radius 3 is 2.67 bits per heavy atom. The molecule has 2 heterocycles. The van der Waals surface area contributed by atoms with Gasteiger partial charge in [0.25, 0.3) is 0 Å². The molecule has 2 fully saturated rings. The van der Waals surface area contributed by atoms with E-state index in [1.54, 1.807) is 0 Å². The van der Waals surface area contributed by atoms with E-state index < -0.39 is 6.09 Å². The largest absolute Gasteiger partial charge is 0.449 e. The lowest BCUT2D eigenvalue weighted by atomic mass is 9.79. The molecule has 1 N–H and O–H groups in total. The lowest BCUT2D eigenvalue weighted by Gasteiger charge is -2.35. The van der Waals surface area contributed by atoms with Gasteiger partial charge in [-0.3, -0.25) is 9.59 Å². The average Bonchev–Trinajstić information content (AvgIpc) is 3.30. The molecule has 1 aromatic carbocycles. The highest BCUT2D eigenvalue weighted by atomic mass is 32.1. The normalized spacial score (nSPS) is 18.1. The number of aromatic nitrogens is 1. The number of carbonyl (C=O) groups excluding carboxylic acids is 3. The quantitative estimate of drug-likeness (QED) is 0.588. The van der Waals surface area contributed by atoms with Crippen molar-refractivity contribution in [3.63, 3.8) is 0 Å². The van der Waals surface area contributed by atoms with Crippen molar-refractivity contribution in [3.8, 4) is 0 Å². The molecule has 1 aromatic heterocycles. The van der Waals surface area contributed by atoms with E-state index in [4.69, 9.17) is 9.47 Å². The topological polar surface area (TPSA) is 97.8 Å². The number of benzene rings is 1. The molecule has 33 heavy (non-hydrogen) atoms. The highest BCUT2D eigenvalue weighted by Crippen LogP contribution is 2.31. The maximum Gasteiger partial charge on any atom is 0.407 e. The van der Waals surface area contributed by atoms with Gasteiger partial charge in [0, 0.05) is 26.1 Å². The second kappa shape index (κ2) is 11.6. The predicted octanol–water partition coefficient (Wildman–Crippen LogP) is 3.65. The monoisotopic (exact) mass is 473 g/mol. The van der Waals surface area contributed by atoms with Crippen molar-refractivity contribution in [2.45, 2.75) is 38.5 Å². The molecular formula is C24H31N3O5S. The fourth-order valence-electron chi connectivity index (χ4n) is 4.59. The van der Waals surface area contributed by atoms with Crippen LogP contribution in [0.1, 0.15) is 48.3 Å². The van der Waals surface area contributed by atoms with E-state index in [1.807, 2.05) is 29.2 Å². The Labute approximate surface area is 197 Å². The summed E-state index contributed by atoms with van der Waals surface area (Å²) in [5.41, 5.74) is 0.795. The van der Waals surface area contributed by atoms with Crippen LogP contribution in [0.4, 0.5) is 4.79 Å². The lowest BCUT2D eigenvalue weighted by molar-refractivity contribution is -0.141. The summed E-state index contributed by atoms with van der Waals surface area (Å²) < 4.78 is 11.6. The van der Waals surface area contributed by atoms with Gasteiger partial charge < -0.3 is 19.7 Å². The van der Waals surface area contributed by atoms with Crippen LogP contribution in [-0.2, 0) is 14.3 Å². The number of nitrogens with zero attached hydrogens (tertiary/aromatic N) is 2. The molecule has 2 aliphatic rings. The van der Waals surface area contributed by atoms with Crippen LogP contribution >= 0.6 is 11.3 Å². The van der Waals surface area contributed by atoms with Crippen LogP contribution in [0, 0.1) is 11.8 Å². The maximum atomic E-state index is 13.2. The number of ether oxygens (including phenoxy) is 2. The summed E-state index contributed by atoms with van der Waals surface area (Å²) in [6.45, 7) is 2.54. The molecule has 4 rings (SSSR count). The van der Waals surface area contributed by atoms with E-state index >= 15 is 0 Å². The summed E-state index contributed by atoms with van der Waals surface area (Å²) in [5, 5.41) is 3.20. The lowest BCUT2D eigenvalue weighted by Crippen LogP contribution is -2.49. The number of carbonyl (C=O) groups is 3. The van der Waals surface area contributed by atoms with Crippen LogP contribution < -0.4 is 5.32 Å². The number of para-hydroxylation sites is 1. The van der Waals surface area contributed by atoms with Gasteiger partial charge in [0.15, 0.2) is 10.8 Å². The Kier molecular flexibility index (Phi) is 8.28. The van der Waals surface area contributed by atoms with Crippen molar-refractivity contribution in [3.05, 3.63) is 29.3 Å². The number of rotatable bonds is 8. The van der Waals surface area contributed by atoms with Crippen LogP contribution in [0.2, 0.25) is 0 Å². The number of amides is 2. The van der Waals surface area contributed by atoms with Crippen LogP contribution in [0.5, 0.6) is 0 Å². The van der Waals surface area contributed by atoms with E-state index in [-0.39, 0.29) is 43.1 Å². The highest BCUT2D eigenvalue weighted by molar-refractivity contribution is 7.20. The smallest absolute Gasteiger partial charge is 0.407 e. The first-order chi connectivity index (χ1) is 16.1. The van der Waals surface area contributed by atoms with Gasteiger partial charge in [-0.15, -0.1) is 11.3 Å². The fraction of sp³-hybridized carbons (Fsp3) is 0.583. The fourth-order valence-corrected chi connectivity index (χ4v) is 5.52. The van der Waals surface area contributed by atoms with Crippen molar-refractivity contribution >= 4 is 39.3 Å². The number of thiazole rings is 1. The van der Waals surface area contributed by atoms with E-state index in [0.29, 0.717) is 31.3 Å². The van der Waals surface area contributed by atoms with Crippen molar-refractivity contribution < 1.29 is 23.9 Å². The van der Waals surface area contributed by atoms with E-state index in [0.717, 1.165) is 35.9 Å². The summed E-state index contributed by atoms with van der Waals surface area (Å²) in [6, 6.07) is 7.59. The summed E-state index contributed by atoms with van der Waals surface area (Å²) in [5.74, 6) is -0.0292. The Morgan fingerprint density at radius 1 is 1.15 bits per heavy atom. The van der Waals surface area contributed by atoms with E-state index in [9.17, 15) is 14.4 Å². The van der Waals surface area contributed by atoms with Gasteiger partial charge in [-0.05, 0) is 30.9 Å². The molecule has 8 nitrogen and oxygen atoms in total. The number of fused-ring (bicyclic) bond motifs is 1. The molecule has 1 saturated carbocycles. The van der Waals surface area contributed by atoms with Crippen molar-refractivity contribution in [2.75, 3.05) is 39.5 Å². The van der Waals surface area contributed by atoms with Gasteiger partial charge in [0.2, 0.25) is 5.91 Å². The Hall–Kier alpha value is -2.52. The molecule has 0 bridgehead atoms. The molecule has 1 saturated heterocycles. The second-order valence-electron chi connectivity index (χ2n) is 8.62. The molecule has 1 unspecified atom stereocenters. The minimum atomic E-state index is -0.595. The van der Waals surface area contributed by atoms with Crippen molar-refractivity contribution in [2.24, 2.45) is 11.8 Å². The van der Waals surface area contributed by atoms with Crippen molar-refractivity contribution in [1.82, 2.24) is 15.2 Å². The van der Waals surface area contributed by atoms with Gasteiger partial charge in [0.1, 0.15) is 6.61 Å². The minimum absolute atomic E-state index is 0.0217. The number of hydrogen-bond donors (Lipinski definition) is 1. The van der Waals surface area contributed by atoms with Gasteiger partial charge >= 0.3 is 6.09 Å². The zero-order valence-corrected chi connectivity index (χ0v) is 19.6. The number of morpholine rings is 1. The third-order valence-corrected chi connectivity index (χ3v) is 7.50. The molecule has 2 amide bonds. The zero-order valence-electron chi connectivity index (χ0n) is 18.8. The first-order valence-electron chi connectivity index (χ1n) is 11.8. The number of Topliss-reactive ketones (excluding diaryl/α,β-unsaturated/α-hetero) is 1. The SMILES string of the molecule is O=C(NCC(C(=O)N1CCOCC1)C1CCCCC1)OCCC(=O)c1nc2ccccc2s1. The number of hydrogen-bond acceptors (Lipinski definition) is 7. The van der Waals surface area contributed by atoms with E-state index in [1.165, 1.54) is 17.8 Å². The van der Waals surface area contributed by atoms with Crippen LogP contribution in [0.25, 0.3) is 10.2 Å². The zero-order chi connectivity index (χ0) is 23.0. The van der Waals surface area contributed by atoms with Crippen LogP contribution in [0.3, 0.4) is 0 Å². The van der Waals surface area contributed by atoms with Crippen LogP contribution in [-0.4, -0.2) is 67.1 Å². The molecular weight excluding hydrogens is 442 g/mol. The Morgan fingerprint density at radius 2 is 1.91 bits per heavy atom. The number of nitrogens with one attached hydrogen (secondary N) is 1. The first-order valence-corrected chi connectivity index (χ1v) is 12.6.